The fraction of sp³-hybridized carbons (Fsp3) is 0.351. The second-order valence-corrected chi connectivity index (χ2v) is 12.5. The summed E-state index contributed by atoms with van der Waals surface area (Å²) in [6, 6.07) is 37.1. The van der Waals surface area contributed by atoms with Crippen LogP contribution < -0.4 is 0 Å². The van der Waals surface area contributed by atoms with Gasteiger partial charge >= 0.3 is 0 Å². The van der Waals surface area contributed by atoms with Crippen molar-refractivity contribution < 1.29 is 0 Å². The van der Waals surface area contributed by atoms with Gasteiger partial charge in [0.2, 0.25) is 0 Å². The lowest BCUT2D eigenvalue weighted by molar-refractivity contribution is 0.402. The molecule has 0 saturated heterocycles. The quantitative estimate of drug-likeness (QED) is 0.192. The molecule has 0 radical (unpaired) electrons. The zero-order valence-corrected chi connectivity index (χ0v) is 26.4. The molecule has 0 aliphatic carbocycles. The Kier molecular flexibility index (Phi) is 10.2. The van der Waals surface area contributed by atoms with Crippen LogP contribution in [0.25, 0.3) is 0 Å². The van der Waals surface area contributed by atoms with Gasteiger partial charge in [0.1, 0.15) is 0 Å². The number of rotatable bonds is 12. The summed E-state index contributed by atoms with van der Waals surface area (Å²) < 4.78 is 0. The Morgan fingerprint density at radius 1 is 0.317 bits per heavy atom. The van der Waals surface area contributed by atoms with E-state index in [4.69, 9.17) is 0 Å². The van der Waals surface area contributed by atoms with Crippen LogP contribution in [-0.2, 0) is 31.6 Å². The Bertz CT molecular complexity index is 1130. The molecule has 0 unspecified atom stereocenters. The number of benzene rings is 4. The van der Waals surface area contributed by atoms with Crippen molar-refractivity contribution in [2.24, 2.45) is 0 Å². The molecule has 0 amide bonds. The first-order valence-corrected chi connectivity index (χ1v) is 14.5. The van der Waals surface area contributed by atoms with Crippen molar-refractivity contribution in [2.75, 3.05) is 56.4 Å². The summed E-state index contributed by atoms with van der Waals surface area (Å²) in [5, 5.41) is 0. The average Bonchev–Trinajstić information content (AvgIpc) is 2.91. The van der Waals surface area contributed by atoms with Gasteiger partial charge in [0, 0.05) is 26.2 Å². The molecule has 0 heterocycles. The maximum Gasteiger partial charge on any atom is 0.0701 e. The predicted molar refractivity (Wildman–Crippen MR) is 174 cm³/mol. The van der Waals surface area contributed by atoms with Gasteiger partial charge in [0.25, 0.3) is 0 Å². The normalized spacial score (nSPS) is 12.2. The van der Waals surface area contributed by atoms with Gasteiger partial charge in [-0.2, -0.15) is 0 Å². The molecule has 41 heavy (non-hydrogen) atoms. The van der Waals surface area contributed by atoms with E-state index in [1.54, 1.807) is 0 Å². The minimum absolute atomic E-state index is 0.458. The van der Waals surface area contributed by atoms with Crippen molar-refractivity contribution >= 4 is 0 Å². The van der Waals surface area contributed by atoms with E-state index >= 15 is 0 Å². The maximum atomic E-state index is 2.34. The first kappa shape index (κ1) is 30.7. The van der Waals surface area contributed by atoms with Crippen LogP contribution in [-0.4, -0.2) is 76.0 Å². The lowest BCUT2D eigenvalue weighted by Crippen LogP contribution is -2.31. The van der Waals surface area contributed by atoms with Gasteiger partial charge < -0.3 is 19.6 Å². The molecule has 4 nitrogen and oxygen atoms in total. The van der Waals surface area contributed by atoms with Crippen molar-refractivity contribution in [2.45, 2.75) is 31.6 Å². The molecule has 0 aromatic heterocycles. The van der Waals surface area contributed by atoms with Crippen LogP contribution in [0.5, 0.6) is 0 Å². The standard InChI is InChI=1S/C37H48N4/c1-38(2)25-29-9-17-33(18-10-29)37(34-19-11-30(12-20-34)26-39(3)4,35-21-13-31(14-22-35)27-40(5)6)36-23-15-32(16-24-36)28-41(7)8/h9-24H,25-28H2,1-8H3. The minimum Gasteiger partial charge on any atom is -0.305 e. The Balaban J connectivity index is 1.96. The van der Waals surface area contributed by atoms with Gasteiger partial charge in [-0.25, -0.2) is 0 Å². The van der Waals surface area contributed by atoms with Gasteiger partial charge in [-0.05, 0) is 101 Å². The number of nitrogens with zero attached hydrogens (tertiary/aromatic N) is 4. The lowest BCUT2D eigenvalue weighted by atomic mass is 9.64. The predicted octanol–water partition coefficient (Wildman–Crippen LogP) is 6.32. The largest absolute Gasteiger partial charge is 0.305 e. The van der Waals surface area contributed by atoms with E-state index in [1.165, 1.54) is 44.5 Å². The maximum absolute atomic E-state index is 2.34. The van der Waals surface area contributed by atoms with Crippen LogP contribution >= 0.6 is 0 Å². The highest BCUT2D eigenvalue weighted by Gasteiger charge is 2.38. The van der Waals surface area contributed by atoms with E-state index in [1.807, 2.05) is 0 Å². The van der Waals surface area contributed by atoms with Gasteiger partial charge in [0.15, 0.2) is 0 Å². The smallest absolute Gasteiger partial charge is 0.0701 e. The Hall–Kier alpha value is -3.28. The summed E-state index contributed by atoms with van der Waals surface area (Å²) >= 11 is 0. The molecule has 0 atom stereocenters. The van der Waals surface area contributed by atoms with E-state index in [2.05, 4.69) is 173 Å². The van der Waals surface area contributed by atoms with Crippen LogP contribution in [0.4, 0.5) is 0 Å². The second-order valence-electron chi connectivity index (χ2n) is 12.5. The highest BCUT2D eigenvalue weighted by molar-refractivity contribution is 5.60. The molecule has 0 spiro atoms. The summed E-state index contributed by atoms with van der Waals surface area (Å²) in [7, 11) is 17.0. The van der Waals surface area contributed by atoms with Crippen LogP contribution in [0, 0.1) is 0 Å². The molecule has 0 saturated carbocycles. The van der Waals surface area contributed by atoms with Crippen LogP contribution in [0.3, 0.4) is 0 Å². The van der Waals surface area contributed by atoms with Crippen LogP contribution in [0.15, 0.2) is 97.1 Å². The minimum atomic E-state index is -0.458. The van der Waals surface area contributed by atoms with Crippen LogP contribution in [0.1, 0.15) is 44.5 Å². The van der Waals surface area contributed by atoms with E-state index < -0.39 is 5.41 Å². The molecule has 0 aliphatic rings. The molecule has 216 valence electrons. The summed E-state index contributed by atoms with van der Waals surface area (Å²) in [5.41, 5.74) is 9.92. The van der Waals surface area contributed by atoms with Crippen molar-refractivity contribution in [3.05, 3.63) is 142 Å². The summed E-state index contributed by atoms with van der Waals surface area (Å²) in [5.74, 6) is 0. The third-order valence-corrected chi connectivity index (χ3v) is 7.54. The Morgan fingerprint density at radius 2 is 0.488 bits per heavy atom. The molecule has 0 bridgehead atoms. The molecule has 4 aromatic carbocycles. The Labute approximate surface area is 248 Å². The third kappa shape index (κ3) is 7.52. The fourth-order valence-corrected chi connectivity index (χ4v) is 5.90. The third-order valence-electron chi connectivity index (χ3n) is 7.54. The number of hydrogen-bond donors (Lipinski definition) is 0. The van der Waals surface area contributed by atoms with E-state index in [0.717, 1.165) is 26.2 Å². The SMILES string of the molecule is CN(C)Cc1ccc(C(c2ccc(CN(C)C)cc2)(c2ccc(CN(C)C)cc2)c2ccc(CN(C)C)cc2)cc1. The molecular formula is C37H48N4. The highest BCUT2D eigenvalue weighted by atomic mass is 15.1. The molecule has 4 rings (SSSR count). The molecule has 0 aliphatic heterocycles. The first-order chi connectivity index (χ1) is 19.6. The van der Waals surface area contributed by atoms with E-state index in [0.29, 0.717) is 0 Å². The van der Waals surface area contributed by atoms with Crippen molar-refractivity contribution in [1.29, 1.82) is 0 Å². The lowest BCUT2D eigenvalue weighted by Gasteiger charge is -2.37. The molecule has 0 N–H and O–H groups in total. The van der Waals surface area contributed by atoms with E-state index in [-0.39, 0.29) is 0 Å². The van der Waals surface area contributed by atoms with Gasteiger partial charge in [-0.15, -0.1) is 0 Å². The van der Waals surface area contributed by atoms with Crippen molar-refractivity contribution in [3.8, 4) is 0 Å². The van der Waals surface area contributed by atoms with Crippen LogP contribution in [0.2, 0.25) is 0 Å². The summed E-state index contributed by atoms with van der Waals surface area (Å²) in [6.45, 7) is 3.69. The monoisotopic (exact) mass is 548 g/mol. The van der Waals surface area contributed by atoms with E-state index in [9.17, 15) is 0 Å². The fourth-order valence-electron chi connectivity index (χ4n) is 5.90. The molecular weight excluding hydrogens is 500 g/mol. The molecule has 4 aromatic rings. The summed E-state index contributed by atoms with van der Waals surface area (Å²) in [4.78, 5) is 8.88. The first-order valence-electron chi connectivity index (χ1n) is 14.5. The second kappa shape index (κ2) is 13.6. The van der Waals surface area contributed by atoms with Crippen molar-refractivity contribution in [1.82, 2.24) is 19.6 Å². The van der Waals surface area contributed by atoms with Gasteiger partial charge in [-0.3, -0.25) is 0 Å². The van der Waals surface area contributed by atoms with Gasteiger partial charge in [0.05, 0.1) is 5.41 Å². The molecule has 4 heteroatoms. The van der Waals surface area contributed by atoms with Gasteiger partial charge in [-0.1, -0.05) is 97.1 Å². The van der Waals surface area contributed by atoms with Crippen molar-refractivity contribution in [3.63, 3.8) is 0 Å². The number of hydrogen-bond acceptors (Lipinski definition) is 4. The average molecular weight is 549 g/mol. The Morgan fingerprint density at radius 3 is 0.634 bits per heavy atom. The molecule has 0 fully saturated rings. The highest BCUT2D eigenvalue weighted by Crippen LogP contribution is 2.45. The summed E-state index contributed by atoms with van der Waals surface area (Å²) in [6.07, 6.45) is 0. The topological polar surface area (TPSA) is 13.0 Å². The zero-order valence-electron chi connectivity index (χ0n) is 26.4. The zero-order chi connectivity index (χ0) is 29.6.